The summed E-state index contributed by atoms with van der Waals surface area (Å²) in [7, 11) is 3.08. The quantitative estimate of drug-likeness (QED) is 0.889. The summed E-state index contributed by atoms with van der Waals surface area (Å²) in [5.41, 5.74) is 1.64. The number of hydrogen-bond donors (Lipinski definition) is 1. The second-order valence-electron chi connectivity index (χ2n) is 4.70. The molecule has 116 valence electrons. The van der Waals surface area contributed by atoms with Crippen molar-refractivity contribution in [2.45, 2.75) is 6.04 Å². The van der Waals surface area contributed by atoms with Gasteiger partial charge in [-0.3, -0.25) is 4.79 Å². The second kappa shape index (κ2) is 7.82. The molecule has 4 nitrogen and oxygen atoms in total. The van der Waals surface area contributed by atoms with Crippen molar-refractivity contribution in [3.63, 3.8) is 0 Å². The number of hydrogen-bond acceptors (Lipinski definition) is 3. The van der Waals surface area contributed by atoms with Crippen LogP contribution in [-0.2, 0) is 9.53 Å². The number of benzene rings is 2. The minimum atomic E-state index is -0.410. The molecule has 0 radical (unpaired) electrons. The van der Waals surface area contributed by atoms with Gasteiger partial charge in [0.25, 0.3) is 0 Å². The highest BCUT2D eigenvalue weighted by Gasteiger charge is 2.22. The predicted octanol–water partition coefficient (Wildman–Crippen LogP) is 3.20. The molecule has 1 atom stereocenters. The van der Waals surface area contributed by atoms with Crippen molar-refractivity contribution in [3.05, 3.63) is 64.7 Å². The van der Waals surface area contributed by atoms with E-state index in [4.69, 9.17) is 21.1 Å². The molecule has 0 aromatic heterocycles. The highest BCUT2D eigenvalue weighted by Crippen LogP contribution is 2.33. The van der Waals surface area contributed by atoms with E-state index < -0.39 is 6.04 Å². The molecule has 0 heterocycles. The first-order chi connectivity index (χ1) is 10.7. The summed E-state index contributed by atoms with van der Waals surface area (Å²) in [5.74, 6) is 0.462. The van der Waals surface area contributed by atoms with E-state index in [0.717, 1.165) is 11.1 Å². The fourth-order valence-corrected chi connectivity index (χ4v) is 2.52. The van der Waals surface area contributed by atoms with E-state index in [1.165, 1.54) is 7.11 Å². The van der Waals surface area contributed by atoms with Crippen LogP contribution in [0.5, 0.6) is 5.75 Å². The first-order valence-corrected chi connectivity index (χ1v) is 7.20. The van der Waals surface area contributed by atoms with Gasteiger partial charge in [-0.1, -0.05) is 48.0 Å². The maximum absolute atomic E-state index is 12.0. The lowest BCUT2D eigenvalue weighted by Crippen LogP contribution is -2.32. The molecular weight excluding hydrogens is 302 g/mol. The summed E-state index contributed by atoms with van der Waals surface area (Å²) in [6.45, 7) is -0.0178. The second-order valence-corrected chi connectivity index (χ2v) is 5.10. The van der Waals surface area contributed by atoms with E-state index in [-0.39, 0.29) is 12.5 Å². The number of carbonyl (C=O) groups excluding carboxylic acids is 1. The van der Waals surface area contributed by atoms with Gasteiger partial charge in [0, 0.05) is 17.7 Å². The monoisotopic (exact) mass is 319 g/mol. The molecule has 1 N–H and O–H groups in total. The van der Waals surface area contributed by atoms with E-state index in [0.29, 0.717) is 10.8 Å². The average molecular weight is 320 g/mol. The van der Waals surface area contributed by atoms with Crippen LogP contribution in [0.2, 0.25) is 5.02 Å². The lowest BCUT2D eigenvalue weighted by atomic mass is 9.97. The first kappa shape index (κ1) is 16.3. The van der Waals surface area contributed by atoms with Crippen molar-refractivity contribution < 1.29 is 14.3 Å². The zero-order valence-electron chi connectivity index (χ0n) is 12.5. The highest BCUT2D eigenvalue weighted by atomic mass is 35.5. The zero-order chi connectivity index (χ0) is 15.9. The molecule has 22 heavy (non-hydrogen) atoms. The van der Waals surface area contributed by atoms with Crippen LogP contribution in [0.25, 0.3) is 0 Å². The fourth-order valence-electron chi connectivity index (χ4n) is 2.27. The maximum Gasteiger partial charge on any atom is 0.246 e. The Morgan fingerprint density at radius 2 is 1.73 bits per heavy atom. The Kier molecular flexibility index (Phi) is 5.81. The van der Waals surface area contributed by atoms with E-state index >= 15 is 0 Å². The summed E-state index contributed by atoms with van der Waals surface area (Å²) < 4.78 is 10.3. The van der Waals surface area contributed by atoms with Gasteiger partial charge < -0.3 is 14.8 Å². The van der Waals surface area contributed by atoms with Crippen LogP contribution in [0.4, 0.5) is 0 Å². The lowest BCUT2D eigenvalue weighted by Gasteiger charge is -2.22. The van der Waals surface area contributed by atoms with Crippen LogP contribution in [-0.4, -0.2) is 26.7 Å². The predicted molar refractivity (Wildman–Crippen MR) is 86.3 cm³/mol. The molecule has 0 aliphatic heterocycles. The smallest absolute Gasteiger partial charge is 0.246 e. The fraction of sp³-hybridized carbons (Fsp3) is 0.235. The van der Waals surface area contributed by atoms with E-state index in [1.807, 2.05) is 42.5 Å². The van der Waals surface area contributed by atoms with Gasteiger partial charge in [0.1, 0.15) is 12.4 Å². The first-order valence-electron chi connectivity index (χ1n) is 6.83. The molecular formula is C17H18ClNO3. The number of carbonyl (C=O) groups is 1. The largest absolute Gasteiger partial charge is 0.496 e. The number of amides is 1. The Bertz CT molecular complexity index is 645. The lowest BCUT2D eigenvalue weighted by molar-refractivity contribution is -0.125. The molecule has 0 unspecified atom stereocenters. The Morgan fingerprint density at radius 1 is 1.09 bits per heavy atom. The minimum Gasteiger partial charge on any atom is -0.496 e. The van der Waals surface area contributed by atoms with Crippen molar-refractivity contribution in [3.8, 4) is 5.75 Å². The Hall–Kier alpha value is -2.04. The molecule has 0 bridgehead atoms. The molecule has 0 saturated heterocycles. The van der Waals surface area contributed by atoms with Crippen LogP contribution < -0.4 is 10.1 Å². The summed E-state index contributed by atoms with van der Waals surface area (Å²) >= 11 is 6.30. The summed E-state index contributed by atoms with van der Waals surface area (Å²) in [6.07, 6.45) is 0. The molecule has 5 heteroatoms. The molecule has 1 amide bonds. The molecule has 0 aliphatic carbocycles. The minimum absolute atomic E-state index is 0.0178. The Morgan fingerprint density at radius 3 is 2.36 bits per heavy atom. The summed E-state index contributed by atoms with van der Waals surface area (Å²) in [6, 6.07) is 14.5. The molecule has 0 saturated carbocycles. The molecule has 0 spiro atoms. The average Bonchev–Trinajstić information content (AvgIpc) is 2.54. The van der Waals surface area contributed by atoms with Crippen LogP contribution in [0.3, 0.4) is 0 Å². The van der Waals surface area contributed by atoms with Crippen molar-refractivity contribution in [1.82, 2.24) is 5.32 Å². The van der Waals surface area contributed by atoms with Gasteiger partial charge in [-0.05, 0) is 17.7 Å². The van der Waals surface area contributed by atoms with E-state index in [9.17, 15) is 4.79 Å². The Balaban J connectivity index is 2.46. The van der Waals surface area contributed by atoms with E-state index in [1.54, 1.807) is 13.2 Å². The molecule has 0 aliphatic rings. The number of nitrogens with one attached hydrogen (secondary N) is 1. The maximum atomic E-state index is 12.0. The van der Waals surface area contributed by atoms with Crippen molar-refractivity contribution >= 4 is 17.5 Å². The number of halogens is 1. The third kappa shape index (κ3) is 3.78. The Labute approximate surface area is 135 Å². The SMILES string of the molecule is COCC(=O)N[C@@H](c1ccccc1Cl)c1ccccc1OC. The summed E-state index contributed by atoms with van der Waals surface area (Å²) in [4.78, 5) is 12.0. The van der Waals surface area contributed by atoms with Crippen molar-refractivity contribution in [2.75, 3.05) is 20.8 Å². The third-order valence-electron chi connectivity index (χ3n) is 3.25. The highest BCUT2D eigenvalue weighted by molar-refractivity contribution is 6.31. The summed E-state index contributed by atoms with van der Waals surface area (Å²) in [5, 5.41) is 3.52. The van der Waals surface area contributed by atoms with Gasteiger partial charge in [-0.25, -0.2) is 0 Å². The van der Waals surface area contributed by atoms with Crippen molar-refractivity contribution in [2.24, 2.45) is 0 Å². The molecule has 0 fully saturated rings. The van der Waals surface area contributed by atoms with Gasteiger partial charge in [-0.15, -0.1) is 0 Å². The van der Waals surface area contributed by atoms with E-state index in [2.05, 4.69) is 5.32 Å². The zero-order valence-corrected chi connectivity index (χ0v) is 13.3. The van der Waals surface area contributed by atoms with Gasteiger partial charge in [-0.2, -0.15) is 0 Å². The standard InChI is InChI=1S/C17H18ClNO3/c1-21-11-16(20)19-17(12-7-3-5-9-14(12)18)13-8-4-6-10-15(13)22-2/h3-10,17H,11H2,1-2H3,(H,19,20)/t17-/m0/s1. The van der Waals surface area contributed by atoms with Crippen LogP contribution in [0.1, 0.15) is 17.2 Å². The molecule has 2 aromatic carbocycles. The molecule has 2 rings (SSSR count). The third-order valence-corrected chi connectivity index (χ3v) is 3.59. The van der Waals surface area contributed by atoms with Crippen LogP contribution in [0, 0.1) is 0 Å². The van der Waals surface area contributed by atoms with Gasteiger partial charge in [0.05, 0.1) is 13.2 Å². The van der Waals surface area contributed by atoms with Crippen LogP contribution in [0.15, 0.2) is 48.5 Å². The van der Waals surface area contributed by atoms with Gasteiger partial charge in [0.2, 0.25) is 5.91 Å². The van der Waals surface area contributed by atoms with Crippen molar-refractivity contribution in [1.29, 1.82) is 0 Å². The number of methoxy groups -OCH3 is 2. The molecule has 2 aromatic rings. The van der Waals surface area contributed by atoms with Gasteiger partial charge in [0.15, 0.2) is 0 Å². The van der Waals surface area contributed by atoms with Crippen LogP contribution >= 0.6 is 11.6 Å². The number of para-hydroxylation sites is 1. The van der Waals surface area contributed by atoms with Gasteiger partial charge >= 0.3 is 0 Å². The number of rotatable bonds is 6. The topological polar surface area (TPSA) is 47.6 Å². The number of ether oxygens (including phenoxy) is 2. The normalized spacial score (nSPS) is 11.8.